The number of amides is 1. The summed E-state index contributed by atoms with van der Waals surface area (Å²) in [5, 5.41) is 4.02. The van der Waals surface area contributed by atoms with E-state index >= 15 is 0 Å². The lowest BCUT2D eigenvalue weighted by Crippen LogP contribution is -2.18. The van der Waals surface area contributed by atoms with E-state index in [4.69, 9.17) is 21.1 Å². The van der Waals surface area contributed by atoms with Crippen molar-refractivity contribution in [2.24, 2.45) is 5.10 Å². The summed E-state index contributed by atoms with van der Waals surface area (Å²) in [4.78, 5) is 15.8. The molecule has 1 amide bonds. The summed E-state index contributed by atoms with van der Waals surface area (Å²) in [7, 11) is 3.11. The van der Waals surface area contributed by atoms with Gasteiger partial charge in [-0.2, -0.15) is 5.10 Å². The highest BCUT2D eigenvalue weighted by atomic mass is 35.5. The Labute approximate surface area is 132 Å². The predicted molar refractivity (Wildman–Crippen MR) is 83.9 cm³/mol. The SMILES string of the molecule is COc1ccc(OC)c(C=NNC(=O)c2cccnc2Cl)c1. The number of hydrogen-bond donors (Lipinski definition) is 1. The fourth-order valence-electron chi connectivity index (χ4n) is 1.72. The van der Waals surface area contributed by atoms with Gasteiger partial charge in [0.15, 0.2) is 0 Å². The Morgan fingerprint density at radius 1 is 1.32 bits per heavy atom. The molecule has 0 unspecified atom stereocenters. The van der Waals surface area contributed by atoms with Crippen molar-refractivity contribution in [3.05, 3.63) is 52.8 Å². The van der Waals surface area contributed by atoms with Crippen LogP contribution < -0.4 is 14.9 Å². The Kier molecular flexibility index (Phi) is 5.32. The number of benzene rings is 1. The fraction of sp³-hybridized carbons (Fsp3) is 0.133. The van der Waals surface area contributed by atoms with E-state index in [1.807, 2.05) is 0 Å². The van der Waals surface area contributed by atoms with Crippen LogP contribution in [0.2, 0.25) is 5.15 Å². The van der Waals surface area contributed by atoms with E-state index in [0.29, 0.717) is 17.1 Å². The van der Waals surface area contributed by atoms with Crippen LogP contribution in [0.4, 0.5) is 0 Å². The van der Waals surface area contributed by atoms with Crippen LogP contribution in [0.1, 0.15) is 15.9 Å². The first-order valence-electron chi connectivity index (χ1n) is 6.31. The summed E-state index contributed by atoms with van der Waals surface area (Å²) in [5.74, 6) is 0.818. The molecule has 6 nitrogen and oxygen atoms in total. The van der Waals surface area contributed by atoms with Gasteiger partial charge in [-0.15, -0.1) is 0 Å². The van der Waals surface area contributed by atoms with Crippen LogP contribution in [0.25, 0.3) is 0 Å². The van der Waals surface area contributed by atoms with Crippen LogP contribution in [0, 0.1) is 0 Å². The van der Waals surface area contributed by atoms with E-state index in [1.54, 1.807) is 44.6 Å². The summed E-state index contributed by atoms with van der Waals surface area (Å²) in [6.45, 7) is 0. The average molecular weight is 320 g/mol. The van der Waals surface area contributed by atoms with Crippen LogP contribution >= 0.6 is 11.6 Å². The molecule has 0 aliphatic heterocycles. The lowest BCUT2D eigenvalue weighted by Gasteiger charge is -2.06. The molecule has 1 N–H and O–H groups in total. The number of pyridine rings is 1. The number of ether oxygens (including phenoxy) is 2. The van der Waals surface area contributed by atoms with Gasteiger partial charge in [0.2, 0.25) is 0 Å². The summed E-state index contributed by atoms with van der Waals surface area (Å²) in [6, 6.07) is 8.44. The largest absolute Gasteiger partial charge is 0.497 e. The molecule has 0 saturated heterocycles. The van der Waals surface area contributed by atoms with E-state index in [9.17, 15) is 4.79 Å². The molecule has 2 rings (SSSR count). The Morgan fingerprint density at radius 3 is 2.82 bits per heavy atom. The van der Waals surface area contributed by atoms with E-state index in [2.05, 4.69) is 15.5 Å². The van der Waals surface area contributed by atoms with Gasteiger partial charge in [0.25, 0.3) is 5.91 Å². The van der Waals surface area contributed by atoms with Crippen molar-refractivity contribution < 1.29 is 14.3 Å². The van der Waals surface area contributed by atoms with E-state index in [0.717, 1.165) is 0 Å². The highest BCUT2D eigenvalue weighted by Crippen LogP contribution is 2.22. The van der Waals surface area contributed by atoms with Crippen LogP contribution in [0.5, 0.6) is 11.5 Å². The molecule has 7 heteroatoms. The molecule has 0 aliphatic carbocycles. The minimum atomic E-state index is -0.448. The third-order valence-corrected chi connectivity index (χ3v) is 3.11. The maximum absolute atomic E-state index is 11.9. The molecule has 0 fully saturated rings. The summed E-state index contributed by atoms with van der Waals surface area (Å²) in [5.41, 5.74) is 3.30. The van der Waals surface area contributed by atoms with Crippen LogP contribution in [-0.2, 0) is 0 Å². The maximum atomic E-state index is 11.9. The topological polar surface area (TPSA) is 72.8 Å². The Balaban J connectivity index is 2.12. The number of carbonyl (C=O) groups excluding carboxylic acids is 1. The average Bonchev–Trinajstić information content (AvgIpc) is 2.55. The maximum Gasteiger partial charge on any atom is 0.274 e. The number of hydrogen-bond acceptors (Lipinski definition) is 5. The van der Waals surface area contributed by atoms with Gasteiger partial charge in [-0.25, -0.2) is 10.4 Å². The van der Waals surface area contributed by atoms with Crippen molar-refractivity contribution in [1.82, 2.24) is 10.4 Å². The minimum absolute atomic E-state index is 0.120. The van der Waals surface area contributed by atoms with Gasteiger partial charge in [0.05, 0.1) is 26.0 Å². The lowest BCUT2D eigenvalue weighted by atomic mass is 10.2. The van der Waals surface area contributed by atoms with Crippen LogP contribution in [-0.4, -0.2) is 31.3 Å². The number of methoxy groups -OCH3 is 2. The minimum Gasteiger partial charge on any atom is -0.497 e. The van der Waals surface area contributed by atoms with Crippen molar-refractivity contribution in [1.29, 1.82) is 0 Å². The molecule has 0 saturated carbocycles. The van der Waals surface area contributed by atoms with Gasteiger partial charge in [-0.3, -0.25) is 4.79 Å². The molecule has 0 spiro atoms. The van der Waals surface area contributed by atoms with E-state index < -0.39 is 5.91 Å². The molecule has 2 aromatic rings. The molecule has 1 heterocycles. The van der Waals surface area contributed by atoms with Crippen molar-refractivity contribution in [3.63, 3.8) is 0 Å². The molecule has 0 radical (unpaired) electrons. The van der Waals surface area contributed by atoms with Crippen molar-refractivity contribution >= 4 is 23.7 Å². The molecule has 0 aliphatic rings. The molecule has 0 atom stereocenters. The second kappa shape index (κ2) is 7.42. The second-order valence-electron chi connectivity index (χ2n) is 4.15. The smallest absolute Gasteiger partial charge is 0.274 e. The second-order valence-corrected chi connectivity index (χ2v) is 4.51. The third-order valence-electron chi connectivity index (χ3n) is 2.81. The van der Waals surface area contributed by atoms with Gasteiger partial charge in [0.1, 0.15) is 16.7 Å². The third kappa shape index (κ3) is 3.73. The van der Waals surface area contributed by atoms with Crippen LogP contribution in [0.3, 0.4) is 0 Å². The number of hydrazone groups is 1. The molecule has 1 aromatic heterocycles. The van der Waals surface area contributed by atoms with Crippen molar-refractivity contribution in [2.45, 2.75) is 0 Å². The summed E-state index contributed by atoms with van der Waals surface area (Å²) >= 11 is 5.84. The van der Waals surface area contributed by atoms with E-state index in [1.165, 1.54) is 12.4 Å². The first-order valence-corrected chi connectivity index (χ1v) is 6.69. The van der Waals surface area contributed by atoms with Gasteiger partial charge < -0.3 is 9.47 Å². The van der Waals surface area contributed by atoms with Gasteiger partial charge in [-0.1, -0.05) is 11.6 Å². The monoisotopic (exact) mass is 319 g/mol. The molecular weight excluding hydrogens is 306 g/mol. The zero-order valence-corrected chi connectivity index (χ0v) is 12.8. The highest BCUT2D eigenvalue weighted by Gasteiger charge is 2.09. The highest BCUT2D eigenvalue weighted by molar-refractivity contribution is 6.32. The lowest BCUT2D eigenvalue weighted by molar-refractivity contribution is 0.0955. The molecule has 1 aromatic carbocycles. The summed E-state index contributed by atoms with van der Waals surface area (Å²) < 4.78 is 10.4. The Hall–Kier alpha value is -2.60. The fourth-order valence-corrected chi connectivity index (χ4v) is 1.92. The zero-order valence-electron chi connectivity index (χ0n) is 12.0. The quantitative estimate of drug-likeness (QED) is 0.522. The first kappa shape index (κ1) is 15.8. The van der Waals surface area contributed by atoms with Crippen molar-refractivity contribution in [3.8, 4) is 11.5 Å². The van der Waals surface area contributed by atoms with Gasteiger partial charge in [-0.05, 0) is 30.3 Å². The van der Waals surface area contributed by atoms with Gasteiger partial charge in [0, 0.05) is 11.8 Å². The standard InChI is InChI=1S/C15H14ClN3O3/c1-21-11-5-6-13(22-2)10(8-11)9-18-19-15(20)12-4-3-7-17-14(12)16/h3-9H,1-2H3,(H,19,20). The van der Waals surface area contributed by atoms with Gasteiger partial charge >= 0.3 is 0 Å². The predicted octanol–water partition coefficient (Wildman–Crippen LogP) is 2.52. The Morgan fingerprint density at radius 2 is 2.14 bits per heavy atom. The van der Waals surface area contributed by atoms with E-state index in [-0.39, 0.29) is 10.7 Å². The summed E-state index contributed by atoms with van der Waals surface area (Å²) in [6.07, 6.45) is 2.97. The van der Waals surface area contributed by atoms with Crippen molar-refractivity contribution in [2.75, 3.05) is 14.2 Å². The Bertz CT molecular complexity index is 704. The number of nitrogens with one attached hydrogen (secondary N) is 1. The zero-order chi connectivity index (χ0) is 15.9. The first-order chi connectivity index (χ1) is 10.7. The molecule has 114 valence electrons. The molecule has 0 bridgehead atoms. The normalized spacial score (nSPS) is 10.5. The number of carbonyl (C=O) groups is 1. The number of aromatic nitrogens is 1. The number of rotatable bonds is 5. The number of halogens is 1. The van der Waals surface area contributed by atoms with Crippen LogP contribution in [0.15, 0.2) is 41.6 Å². The molecule has 22 heavy (non-hydrogen) atoms. The molecular formula is C15H14ClN3O3. The number of nitrogens with zero attached hydrogens (tertiary/aromatic N) is 2.